The van der Waals surface area contributed by atoms with E-state index in [4.69, 9.17) is 97.2 Å². The van der Waals surface area contributed by atoms with Crippen LogP contribution in [-0.4, -0.2) is 305 Å². The highest BCUT2D eigenvalue weighted by molar-refractivity contribution is 4.80. The lowest BCUT2D eigenvalue weighted by Gasteiger charge is -2.21. The quantitative estimate of drug-likeness (QED) is 0.0267. The molecular weight excluding hydrogens is 1440 g/mol. The number of likely N-dealkylation sites (N-methyl/N-ethyl adjacent to an activating group) is 1. The molecule has 2 saturated heterocycles. The molecule has 0 spiro atoms. The third kappa shape index (κ3) is 169. The summed E-state index contributed by atoms with van der Waals surface area (Å²) < 4.78 is 4.76. The monoisotopic (exact) mass is 1660 g/mol. The molecule has 708 valence electrons. The maximum Gasteiger partial charge on any atom is 0.0698 e. The highest BCUT2D eigenvalue weighted by atomic mass is 16.5. The van der Waals surface area contributed by atoms with Crippen molar-refractivity contribution in [2.75, 3.05) is 230 Å². The average molecular weight is 1660 g/mol. The molecule has 33 N–H and O–H groups in total. The smallest absolute Gasteiger partial charge is 0.0698 e. The van der Waals surface area contributed by atoms with Crippen LogP contribution in [0.15, 0.2) is 0 Å². The van der Waals surface area contributed by atoms with Crippen LogP contribution in [0.2, 0.25) is 0 Å². The van der Waals surface area contributed by atoms with Gasteiger partial charge in [0.25, 0.3) is 0 Å². The first kappa shape index (κ1) is 139. The molecule has 0 bridgehead atoms. The largest absolute Gasteiger partial charge is 0.396 e. The lowest BCUT2D eigenvalue weighted by Crippen LogP contribution is -2.46. The van der Waals surface area contributed by atoms with Gasteiger partial charge in [-0.15, -0.1) is 0 Å². The van der Waals surface area contributed by atoms with Crippen molar-refractivity contribution in [3.63, 3.8) is 0 Å². The summed E-state index contributed by atoms with van der Waals surface area (Å²) in [6.07, 6.45) is 35.0. The summed E-state index contributed by atoms with van der Waals surface area (Å²) in [6.45, 7) is 61.6. The molecule has 27 nitrogen and oxygen atoms in total. The van der Waals surface area contributed by atoms with Gasteiger partial charge < -0.3 is 144 Å². The second-order valence-corrected chi connectivity index (χ2v) is 30.3. The summed E-state index contributed by atoms with van der Waals surface area (Å²) in [7, 11) is 1.98. The Bertz CT molecular complexity index is 1300. The first-order valence-electron chi connectivity index (χ1n) is 46.1. The normalized spacial score (nSPS) is 14.0. The molecule has 3 aliphatic rings. The van der Waals surface area contributed by atoms with Crippen LogP contribution < -0.4 is 88.8 Å². The summed E-state index contributed by atoms with van der Waals surface area (Å²) in [5, 5.41) is 90.2. The molecule has 0 aromatic carbocycles. The molecule has 27 heteroatoms. The van der Waals surface area contributed by atoms with E-state index in [1.807, 2.05) is 27.8 Å². The second-order valence-electron chi connectivity index (χ2n) is 30.3. The van der Waals surface area contributed by atoms with E-state index in [1.54, 1.807) is 0 Å². The highest BCUT2D eigenvalue weighted by Gasteiger charge is 2.19. The molecule has 3 rings (SSSR count). The zero-order chi connectivity index (χ0) is 89.4. The van der Waals surface area contributed by atoms with Gasteiger partial charge in [-0.1, -0.05) is 175 Å². The number of rotatable bonds is 50. The number of aliphatic hydroxyl groups excluding tert-OH is 8. The lowest BCUT2D eigenvalue weighted by atomic mass is 9.94. The van der Waals surface area contributed by atoms with Gasteiger partial charge in [-0.3, -0.25) is 0 Å². The summed E-state index contributed by atoms with van der Waals surface area (Å²) >= 11 is 0. The van der Waals surface area contributed by atoms with Crippen molar-refractivity contribution < 1.29 is 45.6 Å². The SMILES string of the molecule is C1CNCCNC1.CC(C)(CN)CO.CC(C)CCCNC(C)C.CCC(N)(CO)CO.CCCCCCC.CCCCCNCC.CCCCNC.CCN(CC)CCN.CCNCCCNCC.NC1CCC(O)CC1.NCCCCCCO.NCCCCCO.NCCCCO.NCCN1CCCC1.NCCOCCO. The fourth-order valence-corrected chi connectivity index (χ4v) is 8.96. The minimum absolute atomic E-state index is 0.0604. The Morgan fingerprint density at radius 2 is 0.895 bits per heavy atom. The minimum Gasteiger partial charge on any atom is -0.396 e. The standard InChI is InChI=1S/C9H21N.C7H18N2.C7H17N.C7H16.C6H14N2.C6H16N2.C6H13NO.C6H15NO.C5H12N2.C5H13NO2.2C5H13NO.C5H13N.C4H11NO2.C4H11NO/c1-8(2)6-5-7-10-9(3)4;1-3-8-6-5-7-9-4-2;1-3-5-6-7-8-4-2;1-3-5-7-6-4-2;7-3-6-8-4-1-2-5-8;1-3-8(4-2)6-5-7;7-5-1-3-6(8)4-2-5;7-5-3-1-2-4-6-8;1-2-6-4-5-7-3-1;1-2-5(6,3-7)4-8;1-5(2,3-6)4-7;6-4-2-1-3-5-7;1-3-4-5-6-2;5-1-3-7-4-2-6;5-3-1-2-4-6/h8-10H,5-7H2,1-4H3;8-9H,3-7H2,1-2H3;8H,3-7H2,1-2H3;3-7H2,1-2H3;1-7H2;3-7H2,1-2H3;5-6,8H,1-4,7H2;8H,1-7H2;6-7H,1-5H2;7-8H,2-4,6H2,1H3;7H,3-4,6H2,1-2H3;7H,1-6H2;6H,3-5H2,1-2H3;6H,1-5H2;6H,1-5H2. The van der Waals surface area contributed by atoms with Crippen LogP contribution in [-0.2, 0) is 4.74 Å². The summed E-state index contributed by atoms with van der Waals surface area (Å²) in [6, 6.07) is 1.01. The number of nitrogens with two attached hydrogens (primary N) is 9. The van der Waals surface area contributed by atoms with Crippen LogP contribution >= 0.6 is 0 Å². The number of nitrogens with zero attached hydrogens (tertiary/aromatic N) is 2. The van der Waals surface area contributed by atoms with E-state index in [0.717, 1.165) is 194 Å². The van der Waals surface area contributed by atoms with Gasteiger partial charge in [0.05, 0.1) is 44.7 Å². The maximum atomic E-state index is 8.97. The van der Waals surface area contributed by atoms with Gasteiger partial charge in [0, 0.05) is 89.7 Å². The number of hydrogen-bond acceptors (Lipinski definition) is 27. The molecule has 0 amide bonds. The third-order valence-corrected chi connectivity index (χ3v) is 17.2. The zero-order valence-corrected chi connectivity index (χ0v) is 79.1. The molecule has 3 fully saturated rings. The van der Waals surface area contributed by atoms with Crippen molar-refractivity contribution in [1.82, 2.24) is 47.0 Å². The third-order valence-electron chi connectivity index (χ3n) is 17.2. The van der Waals surface area contributed by atoms with Gasteiger partial charge >= 0.3 is 0 Å². The van der Waals surface area contributed by atoms with Gasteiger partial charge in [-0.05, 0) is 259 Å². The molecule has 0 atom stereocenters. The molecule has 0 unspecified atom stereocenters. The van der Waals surface area contributed by atoms with Gasteiger partial charge in [0.15, 0.2) is 0 Å². The Hall–Kier alpha value is -1.08. The Morgan fingerprint density at radius 1 is 0.465 bits per heavy atom. The highest BCUT2D eigenvalue weighted by Crippen LogP contribution is 2.16. The van der Waals surface area contributed by atoms with Gasteiger partial charge in [0.2, 0.25) is 0 Å². The topological polar surface area (TPSA) is 496 Å². The van der Waals surface area contributed by atoms with Gasteiger partial charge in [-0.2, -0.15) is 0 Å². The number of unbranched alkanes of at least 4 members (excludes halogenated alkanes) is 13. The molecule has 114 heavy (non-hydrogen) atoms. The number of likely N-dealkylation sites (tertiary alicyclic amines) is 1. The molecule has 0 radical (unpaired) electrons. The zero-order valence-electron chi connectivity index (χ0n) is 79.1. The fourth-order valence-electron chi connectivity index (χ4n) is 8.96. The number of aliphatic hydroxyl groups is 8. The second kappa shape index (κ2) is 135. The lowest BCUT2D eigenvalue weighted by molar-refractivity contribution is 0.0976. The van der Waals surface area contributed by atoms with E-state index in [0.29, 0.717) is 64.6 Å². The molecule has 0 aromatic heterocycles. The van der Waals surface area contributed by atoms with Crippen molar-refractivity contribution in [2.45, 2.75) is 327 Å². The first-order valence-corrected chi connectivity index (χ1v) is 46.1. The van der Waals surface area contributed by atoms with Crippen molar-refractivity contribution in [1.29, 1.82) is 0 Å². The number of nitrogens with one attached hydrogen (secondary N) is 7. The van der Waals surface area contributed by atoms with Crippen LogP contribution in [0.3, 0.4) is 0 Å². The molecule has 1 saturated carbocycles. The fraction of sp³-hybridized carbons (Fsp3) is 1.00. The summed E-state index contributed by atoms with van der Waals surface area (Å²) in [5.74, 6) is 0.856. The van der Waals surface area contributed by atoms with Crippen molar-refractivity contribution in [2.24, 2.45) is 62.9 Å². The van der Waals surface area contributed by atoms with E-state index in [2.05, 4.69) is 137 Å². The number of ether oxygens (including phenoxy) is 1. The van der Waals surface area contributed by atoms with Crippen LogP contribution in [0.5, 0.6) is 0 Å². The van der Waals surface area contributed by atoms with E-state index < -0.39 is 5.54 Å². The predicted molar refractivity (Wildman–Crippen MR) is 503 cm³/mol. The van der Waals surface area contributed by atoms with E-state index in [9.17, 15) is 0 Å². The predicted octanol–water partition coefficient (Wildman–Crippen LogP) is 7.25. The van der Waals surface area contributed by atoms with Crippen molar-refractivity contribution >= 4 is 0 Å². The van der Waals surface area contributed by atoms with Crippen LogP contribution in [0.1, 0.15) is 303 Å². The summed E-state index contributed by atoms with van der Waals surface area (Å²) in [5.41, 5.74) is 46.7. The molecule has 0 aromatic rings. The van der Waals surface area contributed by atoms with Gasteiger partial charge in [-0.25, -0.2) is 0 Å². The van der Waals surface area contributed by atoms with Crippen LogP contribution in [0.4, 0.5) is 0 Å². The van der Waals surface area contributed by atoms with E-state index in [-0.39, 0.29) is 44.6 Å². The molecule has 1 aliphatic carbocycles. The number of hydrogen-bond donors (Lipinski definition) is 24. The van der Waals surface area contributed by atoms with Crippen LogP contribution in [0.25, 0.3) is 0 Å². The first-order chi connectivity index (χ1) is 54.8. The molecule has 2 heterocycles. The molecular formula is C87H216N18O9. The minimum atomic E-state index is -0.764. The van der Waals surface area contributed by atoms with Crippen LogP contribution in [0, 0.1) is 11.3 Å². The molecule has 2 aliphatic heterocycles. The average Bonchev–Trinajstić information content (AvgIpc) is 1.21. The Balaban J connectivity index is -0.0000000979. The van der Waals surface area contributed by atoms with Crippen molar-refractivity contribution in [3.05, 3.63) is 0 Å². The van der Waals surface area contributed by atoms with Gasteiger partial charge in [0.1, 0.15) is 0 Å². The van der Waals surface area contributed by atoms with E-state index >= 15 is 0 Å². The Kier molecular flexibility index (Phi) is 165. The maximum absolute atomic E-state index is 8.97. The van der Waals surface area contributed by atoms with Crippen molar-refractivity contribution in [3.8, 4) is 0 Å². The Morgan fingerprint density at radius 3 is 1.19 bits per heavy atom. The Labute approximate surface area is 709 Å². The summed E-state index contributed by atoms with van der Waals surface area (Å²) in [4.78, 5) is 4.72. The van der Waals surface area contributed by atoms with E-state index in [1.165, 1.54) is 142 Å².